The molecule has 9 heteroatoms. The highest BCUT2D eigenvalue weighted by Gasteiger charge is 2.16. The van der Waals surface area contributed by atoms with Crippen molar-refractivity contribution in [1.29, 1.82) is 0 Å². The number of benzene rings is 2. The number of aryl methyl sites for hydroxylation is 1. The molecule has 2 aromatic carbocycles. The molecule has 1 amide bonds. The molecule has 0 saturated carbocycles. The molecule has 1 atom stereocenters. The maximum absolute atomic E-state index is 12.3. The molecule has 7 nitrogen and oxygen atoms in total. The van der Waals surface area contributed by atoms with Crippen LogP contribution in [-0.2, 0) is 21.4 Å². The van der Waals surface area contributed by atoms with Crippen LogP contribution < -0.4 is 10.5 Å². The van der Waals surface area contributed by atoms with Gasteiger partial charge in [0.05, 0.1) is 27.7 Å². The van der Waals surface area contributed by atoms with Gasteiger partial charge in [-0.15, -0.1) is 0 Å². The zero-order valence-electron chi connectivity index (χ0n) is 15.6. The van der Waals surface area contributed by atoms with Crippen LogP contribution in [0.25, 0.3) is 11.0 Å². The average Bonchev–Trinajstić information content (AvgIpc) is 3.03. The van der Waals surface area contributed by atoms with E-state index in [1.165, 1.54) is 23.9 Å². The summed E-state index contributed by atoms with van der Waals surface area (Å²) in [5.41, 5.74) is 2.38. The average molecular weight is 419 g/mol. The second-order valence-electron chi connectivity index (χ2n) is 6.32. The van der Waals surface area contributed by atoms with Crippen molar-refractivity contribution in [3.05, 3.63) is 54.1 Å². The van der Waals surface area contributed by atoms with E-state index < -0.39 is 10.0 Å². The Morgan fingerprint density at radius 2 is 1.96 bits per heavy atom. The number of nitrogens with zero attached hydrogens (tertiary/aromatic N) is 2. The van der Waals surface area contributed by atoms with Gasteiger partial charge in [-0.1, -0.05) is 42.1 Å². The molecule has 3 N–H and O–H groups in total. The minimum absolute atomic E-state index is 0.0201. The lowest BCUT2D eigenvalue weighted by atomic mass is 10.1. The van der Waals surface area contributed by atoms with Crippen molar-refractivity contribution in [2.75, 3.05) is 5.75 Å². The number of hydrogen-bond donors (Lipinski definition) is 2. The summed E-state index contributed by atoms with van der Waals surface area (Å²) in [6.07, 6.45) is 0. The zero-order chi connectivity index (χ0) is 20.3. The number of nitrogens with one attached hydrogen (secondary N) is 1. The van der Waals surface area contributed by atoms with Crippen molar-refractivity contribution in [3.8, 4) is 0 Å². The molecule has 0 aliphatic rings. The fourth-order valence-electron chi connectivity index (χ4n) is 2.92. The second-order valence-corrected chi connectivity index (χ2v) is 8.83. The van der Waals surface area contributed by atoms with Gasteiger partial charge < -0.3 is 9.88 Å². The van der Waals surface area contributed by atoms with Gasteiger partial charge in [0.25, 0.3) is 0 Å². The molecule has 1 aromatic heterocycles. The molecule has 148 valence electrons. The molecule has 0 saturated heterocycles. The minimum atomic E-state index is -3.79. The van der Waals surface area contributed by atoms with Crippen LogP contribution in [0.5, 0.6) is 0 Å². The van der Waals surface area contributed by atoms with Crippen LogP contribution in [0.2, 0.25) is 0 Å². The molecule has 3 aromatic rings. The molecule has 0 aliphatic heterocycles. The van der Waals surface area contributed by atoms with Crippen LogP contribution >= 0.6 is 11.8 Å². The van der Waals surface area contributed by atoms with Crippen LogP contribution in [0, 0.1) is 0 Å². The lowest BCUT2D eigenvalue weighted by Crippen LogP contribution is -2.28. The number of carbonyl (C=O) groups excluding carboxylic acids is 1. The van der Waals surface area contributed by atoms with Gasteiger partial charge in [0, 0.05) is 6.54 Å². The summed E-state index contributed by atoms with van der Waals surface area (Å²) in [5.74, 6) is 0.115. The van der Waals surface area contributed by atoms with E-state index in [0.717, 1.165) is 11.1 Å². The highest BCUT2D eigenvalue weighted by atomic mass is 32.2. The largest absolute Gasteiger partial charge is 0.349 e. The first-order chi connectivity index (χ1) is 13.3. The number of thioether (sulfide) groups is 1. The molecule has 1 unspecified atom stereocenters. The van der Waals surface area contributed by atoms with Gasteiger partial charge in [0.15, 0.2) is 5.16 Å². The summed E-state index contributed by atoms with van der Waals surface area (Å²) in [7, 11) is -3.79. The fraction of sp³-hybridized carbons (Fsp3) is 0.263. The van der Waals surface area contributed by atoms with Crippen molar-refractivity contribution in [1.82, 2.24) is 14.9 Å². The van der Waals surface area contributed by atoms with Gasteiger partial charge in [0.1, 0.15) is 0 Å². The van der Waals surface area contributed by atoms with Gasteiger partial charge in [0.2, 0.25) is 15.9 Å². The van der Waals surface area contributed by atoms with Gasteiger partial charge in [-0.3, -0.25) is 4.79 Å². The van der Waals surface area contributed by atoms with E-state index in [1.54, 1.807) is 6.07 Å². The van der Waals surface area contributed by atoms with E-state index in [1.807, 2.05) is 48.7 Å². The van der Waals surface area contributed by atoms with Crippen LogP contribution in [0.3, 0.4) is 0 Å². The number of primary sulfonamides is 1. The number of amides is 1. The monoisotopic (exact) mass is 418 g/mol. The summed E-state index contributed by atoms with van der Waals surface area (Å²) in [6.45, 7) is 4.56. The lowest BCUT2D eigenvalue weighted by Gasteiger charge is -2.14. The molecule has 1 heterocycles. The van der Waals surface area contributed by atoms with Crippen molar-refractivity contribution < 1.29 is 13.2 Å². The molecule has 28 heavy (non-hydrogen) atoms. The minimum Gasteiger partial charge on any atom is -0.349 e. The Bertz CT molecular complexity index is 1100. The second kappa shape index (κ2) is 8.34. The van der Waals surface area contributed by atoms with Crippen LogP contribution in [0.4, 0.5) is 0 Å². The molecule has 0 aliphatic carbocycles. The van der Waals surface area contributed by atoms with Crippen molar-refractivity contribution in [2.24, 2.45) is 5.14 Å². The molecule has 0 radical (unpaired) electrons. The normalized spacial score (nSPS) is 12.8. The van der Waals surface area contributed by atoms with Gasteiger partial charge >= 0.3 is 0 Å². The molecule has 0 bridgehead atoms. The number of aromatic nitrogens is 2. The Kier molecular flexibility index (Phi) is 6.07. The van der Waals surface area contributed by atoms with Crippen molar-refractivity contribution in [3.63, 3.8) is 0 Å². The Balaban J connectivity index is 1.74. The van der Waals surface area contributed by atoms with E-state index in [0.29, 0.717) is 17.2 Å². The predicted octanol–water partition coefficient (Wildman–Crippen LogP) is 2.67. The first kappa shape index (κ1) is 20.4. The lowest BCUT2D eigenvalue weighted by molar-refractivity contribution is -0.119. The first-order valence-corrected chi connectivity index (χ1v) is 11.3. The third-order valence-electron chi connectivity index (χ3n) is 4.34. The smallest absolute Gasteiger partial charge is 0.238 e. The highest BCUT2D eigenvalue weighted by Crippen LogP contribution is 2.26. The number of sulfonamides is 1. The number of rotatable bonds is 7. The first-order valence-electron chi connectivity index (χ1n) is 8.79. The maximum atomic E-state index is 12.3. The number of nitrogens with two attached hydrogens (primary N) is 1. The third kappa shape index (κ3) is 4.54. The Labute approximate surface area is 168 Å². The molecule has 3 rings (SSSR count). The quantitative estimate of drug-likeness (QED) is 0.574. The summed E-state index contributed by atoms with van der Waals surface area (Å²) in [5, 5.41) is 8.83. The molecule has 0 spiro atoms. The van der Waals surface area contributed by atoms with Gasteiger partial charge in [-0.25, -0.2) is 18.5 Å². The standard InChI is InChI=1S/C19H22N4O3S2/c1-3-23-17-10-9-15(28(20,25)26)11-16(17)22-19(23)27-12-18(24)21-13(2)14-7-5-4-6-8-14/h4-11,13H,3,12H2,1-2H3,(H,21,24)(H2,20,25,26). The Hall–Kier alpha value is -2.36. The number of carbonyl (C=O) groups is 1. The molecule has 0 fully saturated rings. The van der Waals surface area contributed by atoms with E-state index in [-0.39, 0.29) is 22.6 Å². The summed E-state index contributed by atoms with van der Waals surface area (Å²) >= 11 is 1.32. The molecular formula is C19H22N4O3S2. The van der Waals surface area contributed by atoms with E-state index >= 15 is 0 Å². The van der Waals surface area contributed by atoms with Gasteiger partial charge in [-0.05, 0) is 37.6 Å². The zero-order valence-corrected chi connectivity index (χ0v) is 17.3. The van der Waals surface area contributed by atoms with E-state index in [2.05, 4.69) is 10.3 Å². The van der Waals surface area contributed by atoms with Crippen LogP contribution in [0.1, 0.15) is 25.5 Å². The number of fused-ring (bicyclic) bond motifs is 1. The maximum Gasteiger partial charge on any atom is 0.238 e. The van der Waals surface area contributed by atoms with E-state index in [9.17, 15) is 13.2 Å². The van der Waals surface area contributed by atoms with E-state index in [4.69, 9.17) is 5.14 Å². The van der Waals surface area contributed by atoms with Crippen molar-refractivity contribution >= 4 is 38.7 Å². The summed E-state index contributed by atoms with van der Waals surface area (Å²) in [4.78, 5) is 16.8. The topological polar surface area (TPSA) is 107 Å². The van der Waals surface area contributed by atoms with Crippen LogP contribution in [0.15, 0.2) is 58.6 Å². The van der Waals surface area contributed by atoms with Crippen LogP contribution in [-0.4, -0.2) is 29.6 Å². The fourth-order valence-corrected chi connectivity index (χ4v) is 4.34. The number of hydrogen-bond acceptors (Lipinski definition) is 5. The predicted molar refractivity (Wildman–Crippen MR) is 111 cm³/mol. The third-order valence-corrected chi connectivity index (χ3v) is 6.23. The summed E-state index contributed by atoms with van der Waals surface area (Å²) in [6, 6.07) is 14.3. The Morgan fingerprint density at radius 3 is 2.61 bits per heavy atom. The number of imidazole rings is 1. The molecular weight excluding hydrogens is 396 g/mol. The SMILES string of the molecule is CCn1c(SCC(=O)NC(C)c2ccccc2)nc2cc(S(N)(=O)=O)ccc21. The van der Waals surface area contributed by atoms with Crippen molar-refractivity contribution in [2.45, 2.75) is 36.5 Å². The Morgan fingerprint density at radius 1 is 1.25 bits per heavy atom. The summed E-state index contributed by atoms with van der Waals surface area (Å²) < 4.78 is 25.1. The van der Waals surface area contributed by atoms with Gasteiger partial charge in [-0.2, -0.15) is 0 Å². The highest BCUT2D eigenvalue weighted by molar-refractivity contribution is 7.99.